The molecule has 4 aromatic rings. The Bertz CT molecular complexity index is 5130. The Morgan fingerprint density at radius 1 is 0.396 bits per heavy atom. The summed E-state index contributed by atoms with van der Waals surface area (Å²) in [5.41, 5.74) is 24.7. The third-order valence-electron chi connectivity index (χ3n) is 24.6. The molecule has 6 rings (SSSR count). The van der Waals surface area contributed by atoms with Crippen molar-refractivity contribution in [2.75, 3.05) is 39.3 Å². The van der Waals surface area contributed by atoms with Crippen LogP contribution in [0.2, 0.25) is 0 Å². The van der Waals surface area contributed by atoms with Crippen molar-refractivity contribution in [1.82, 2.24) is 109 Å². The van der Waals surface area contributed by atoms with E-state index in [1.165, 1.54) is 54.2 Å². The molecule has 0 radical (unpaired) electrons. The number of guanidine groups is 1. The van der Waals surface area contributed by atoms with Crippen LogP contribution >= 0.6 is 0 Å². The van der Waals surface area contributed by atoms with Crippen LogP contribution in [0.25, 0.3) is 0 Å². The van der Waals surface area contributed by atoms with Crippen molar-refractivity contribution in [3.05, 3.63) is 102 Å². The highest BCUT2D eigenvalue weighted by molar-refractivity contribution is 6.02. The van der Waals surface area contributed by atoms with Crippen LogP contribution in [0.3, 0.4) is 0 Å². The third kappa shape index (κ3) is 43.7. The number of amides is 16. The molecule has 51 nitrogen and oxygen atoms in total. The number of aromatic nitrogens is 4. The average Bonchev–Trinajstić information content (AvgIpc) is 1.70. The number of aromatic hydroxyl groups is 1. The molecule has 822 valence electrons. The number of H-pyrrole nitrogens is 2. The molecule has 0 spiro atoms. The summed E-state index contributed by atoms with van der Waals surface area (Å²) in [6, 6.07) is -9.70. The molecule has 4 heterocycles. The lowest BCUT2D eigenvalue weighted by Gasteiger charge is -2.32. The van der Waals surface area contributed by atoms with Gasteiger partial charge in [0.05, 0.1) is 43.0 Å². The first-order chi connectivity index (χ1) is 70.6. The normalized spacial score (nSPS) is 16.2. The second-order valence-electron chi connectivity index (χ2n) is 39.0. The summed E-state index contributed by atoms with van der Waals surface area (Å²) in [4.78, 5) is 297. The number of nitrogens with one attached hydrogen (secondary N) is 18. The molecule has 51 heteroatoms. The summed E-state index contributed by atoms with van der Waals surface area (Å²) in [6.07, 6.45) is 2.79. The van der Waals surface area contributed by atoms with Gasteiger partial charge in [-0.1, -0.05) is 104 Å². The standard InChI is InChI=1S/C98H150N26O25/c1-53(2)39-67(118-90(141)71(44-58-26-28-61(125)29-27-58)115-82(133)62(101)21-12-14-34-99)86(137)113-65(30-32-79(127)128)85(136)121-74(46-60-49-105-52-109-60)96(147)124-38-18-25-77(124)94(145)120-70(42-56(7)8)89(140)117-69(41-55(5)6)88(139)116-68(40-54(3)4)87(138)114-66(31-33-80(129)130)95(146)123-37-17-24-76(123)93(144)107-50-78(126)110-73(45-59-48-104-51-108-59)92(143)112-64(23-16-36-106-98(102)103)83(134)111-63(22-13-15-35-100)84(135)119-72(43-57-19-10-9-11-20-57)91(142)122-75(97(148)149)47-81(131)132/h9-11,19-20,26-29,48-49,51-56,62-77,125H,12-18,21-25,30-47,50,99-101H2,1-8H3,(H,104,108)(H,105,109)(H,107,144)(H,110,126)(H,111,134)(H,112,143)(H,113,137)(H,114,138)(H,115,133)(H,116,139)(H,117,140)(H,118,141)(H,119,135)(H,120,145)(H,121,136)(H,122,142)(H,127,128)(H,129,130)(H,131,132)(H,148,149)(H4,102,103,106)/t62-,63-,64-,65-,66-,67-,68-,69-,70-,71-,72-,73-,74-,75-,76-,77-/m0/s1. The van der Waals surface area contributed by atoms with Crippen LogP contribution in [0.1, 0.15) is 213 Å². The molecule has 149 heavy (non-hydrogen) atoms. The molecule has 2 aliphatic rings. The monoisotopic (exact) mass is 2090 g/mol. The van der Waals surface area contributed by atoms with E-state index in [4.69, 9.17) is 28.3 Å². The molecule has 2 saturated heterocycles. The van der Waals surface area contributed by atoms with E-state index in [0.29, 0.717) is 36.9 Å². The molecule has 2 aromatic heterocycles. The van der Waals surface area contributed by atoms with Crippen molar-refractivity contribution in [3.63, 3.8) is 0 Å². The van der Waals surface area contributed by atoms with Gasteiger partial charge in [-0.05, 0) is 169 Å². The van der Waals surface area contributed by atoms with Gasteiger partial charge in [0.2, 0.25) is 94.5 Å². The number of hydrogen-bond donors (Lipinski definition) is 27. The predicted molar refractivity (Wildman–Crippen MR) is 539 cm³/mol. The zero-order valence-corrected chi connectivity index (χ0v) is 85.5. The number of aliphatic carboxylic acids is 4. The molecule has 0 bridgehead atoms. The van der Waals surface area contributed by atoms with Crippen molar-refractivity contribution in [1.29, 1.82) is 5.41 Å². The molecule has 31 N–H and O–H groups in total. The van der Waals surface area contributed by atoms with Crippen molar-refractivity contribution in [2.45, 2.75) is 313 Å². The number of carbonyl (C=O) groups is 20. The summed E-state index contributed by atoms with van der Waals surface area (Å²) in [5, 5.41) is 95.9. The van der Waals surface area contributed by atoms with Crippen molar-refractivity contribution in [3.8, 4) is 5.75 Å². The number of aromatic amines is 2. The molecular weight excluding hydrogens is 1940 g/mol. The number of carboxylic acids is 4. The molecule has 2 aromatic carbocycles. The average molecular weight is 2090 g/mol. The fourth-order valence-corrected chi connectivity index (χ4v) is 17.0. The number of hydrogen-bond acceptors (Lipinski definition) is 27. The van der Waals surface area contributed by atoms with E-state index in [0.717, 1.165) is 4.90 Å². The SMILES string of the molecule is CC(C)C[C@H](NC(=O)[C@H](Cc1ccc(O)cc1)NC(=O)[C@@H](N)CCCCN)C(=O)N[C@@H](CCC(=O)O)C(=O)N[C@@H](Cc1c[nH]cn1)C(=O)N1CCC[C@H]1C(=O)N[C@@H](CC(C)C)C(=O)N[C@@H](CC(C)C)C(=O)N[C@@H](CC(C)C)C(=O)N[C@@H](CCC(=O)O)C(=O)N1CCC[C@H]1C(=O)NCC(=O)N[C@@H](Cc1c[nH]cn1)C(=O)N[C@@H](CCCNC(=N)N)C(=O)N[C@@H](CCCCN)C(=O)N[C@@H](Cc1ccccc1)C(=O)N[C@@H](CC(=O)O)C(=O)O. The number of carboxylic acid groups (broad SMARTS) is 4. The van der Waals surface area contributed by atoms with Gasteiger partial charge in [-0.15, -0.1) is 0 Å². The van der Waals surface area contributed by atoms with E-state index in [1.54, 1.807) is 85.7 Å². The molecule has 0 aliphatic carbocycles. The van der Waals surface area contributed by atoms with Gasteiger partial charge in [0, 0.05) is 70.6 Å². The Morgan fingerprint density at radius 3 is 1.19 bits per heavy atom. The van der Waals surface area contributed by atoms with Crippen molar-refractivity contribution in [2.24, 2.45) is 46.6 Å². The smallest absolute Gasteiger partial charge is 0.326 e. The van der Waals surface area contributed by atoms with Crippen LogP contribution in [0.4, 0.5) is 0 Å². The Morgan fingerprint density at radius 2 is 0.758 bits per heavy atom. The Kier molecular flexibility index (Phi) is 52.0. The van der Waals surface area contributed by atoms with Crippen LogP contribution in [-0.4, -0.2) is 316 Å². The van der Waals surface area contributed by atoms with E-state index in [9.17, 15) is 117 Å². The molecule has 0 saturated carbocycles. The van der Waals surface area contributed by atoms with E-state index in [2.05, 4.69) is 99.7 Å². The Labute approximate surface area is 863 Å². The topological polar surface area (TPSA) is 815 Å². The second kappa shape index (κ2) is 63.0. The van der Waals surface area contributed by atoms with Crippen LogP contribution in [0.15, 0.2) is 79.6 Å². The number of unbranched alkanes of at least 4 members (excludes halogenated alkanes) is 2. The number of imidazole rings is 2. The highest BCUT2D eigenvalue weighted by Crippen LogP contribution is 2.25. The van der Waals surface area contributed by atoms with Gasteiger partial charge in [-0.2, -0.15) is 0 Å². The maximum Gasteiger partial charge on any atom is 0.326 e. The molecule has 16 atom stereocenters. The third-order valence-corrected chi connectivity index (χ3v) is 24.6. The summed E-state index contributed by atoms with van der Waals surface area (Å²) < 4.78 is 0. The van der Waals surface area contributed by atoms with Gasteiger partial charge < -0.3 is 148 Å². The number of phenolic OH excluding ortho intramolecular Hbond substituents is 1. The first-order valence-corrected chi connectivity index (χ1v) is 50.4. The maximum absolute atomic E-state index is 15.2. The van der Waals surface area contributed by atoms with Gasteiger partial charge in [0.25, 0.3) is 0 Å². The summed E-state index contributed by atoms with van der Waals surface area (Å²) in [6.45, 7) is 13.4. The van der Waals surface area contributed by atoms with E-state index >= 15 is 4.79 Å². The van der Waals surface area contributed by atoms with Crippen LogP contribution in [-0.2, 0) is 122 Å². The number of likely N-dealkylation sites (tertiary alicyclic amines) is 2. The lowest BCUT2D eigenvalue weighted by Crippen LogP contribution is -2.61. The zero-order valence-electron chi connectivity index (χ0n) is 85.5. The number of nitrogens with two attached hydrogens (primary N) is 4. The number of nitrogens with zero attached hydrogens (tertiary/aromatic N) is 4. The highest BCUT2D eigenvalue weighted by atomic mass is 16.4. The molecule has 0 unspecified atom stereocenters. The minimum Gasteiger partial charge on any atom is -0.508 e. The number of phenols is 1. The number of carbonyl (C=O) groups excluding carboxylic acids is 16. The first-order valence-electron chi connectivity index (χ1n) is 50.4. The first kappa shape index (κ1) is 123. The Balaban J connectivity index is 1.16. The summed E-state index contributed by atoms with van der Waals surface area (Å²) in [7, 11) is 0. The van der Waals surface area contributed by atoms with Crippen LogP contribution in [0, 0.1) is 29.1 Å². The van der Waals surface area contributed by atoms with Crippen molar-refractivity contribution < 1.29 is 121 Å². The molecular formula is C98H150N26O25. The fourth-order valence-electron chi connectivity index (χ4n) is 17.0. The quantitative estimate of drug-likeness (QED) is 0.0118. The van der Waals surface area contributed by atoms with E-state index in [-0.39, 0.29) is 176 Å². The molecule has 2 aliphatic heterocycles. The van der Waals surface area contributed by atoms with Gasteiger partial charge in [0.1, 0.15) is 96.4 Å². The lowest BCUT2D eigenvalue weighted by atomic mass is 9.98. The van der Waals surface area contributed by atoms with E-state index < -0.39 is 260 Å². The molecule has 2 fully saturated rings. The second-order valence-corrected chi connectivity index (χ2v) is 39.0. The Hall–Kier alpha value is -14.8. The van der Waals surface area contributed by atoms with Crippen molar-refractivity contribution >= 4 is 124 Å². The zero-order chi connectivity index (χ0) is 110. The van der Waals surface area contributed by atoms with Gasteiger partial charge >= 0.3 is 23.9 Å². The van der Waals surface area contributed by atoms with Gasteiger partial charge in [0.15, 0.2) is 5.96 Å². The van der Waals surface area contributed by atoms with E-state index in [1.807, 2.05) is 0 Å². The number of benzene rings is 2. The molecule has 16 amide bonds. The van der Waals surface area contributed by atoms with Gasteiger partial charge in [-0.25, -0.2) is 14.8 Å². The fraction of sp³-hybridized carbons (Fsp3) is 0.602. The largest absolute Gasteiger partial charge is 0.508 e. The minimum absolute atomic E-state index is 0.00803. The minimum atomic E-state index is -1.91. The van der Waals surface area contributed by atoms with Crippen LogP contribution in [0.5, 0.6) is 5.75 Å². The summed E-state index contributed by atoms with van der Waals surface area (Å²) >= 11 is 0. The predicted octanol–water partition coefficient (Wildman–Crippen LogP) is -3.17. The van der Waals surface area contributed by atoms with Crippen LogP contribution < -0.4 is 103 Å². The lowest BCUT2D eigenvalue weighted by molar-refractivity contribution is -0.147. The summed E-state index contributed by atoms with van der Waals surface area (Å²) in [5.74, 6) is -22.4. The maximum atomic E-state index is 15.2. The highest BCUT2D eigenvalue weighted by Gasteiger charge is 2.45. The number of rotatable bonds is 67. The van der Waals surface area contributed by atoms with Gasteiger partial charge in [-0.3, -0.25) is 96.5 Å².